The van der Waals surface area contributed by atoms with Gasteiger partial charge in [-0.2, -0.15) is 0 Å². The zero-order valence-electron chi connectivity index (χ0n) is 8.44. The van der Waals surface area contributed by atoms with E-state index in [0.29, 0.717) is 5.56 Å². The van der Waals surface area contributed by atoms with Crippen molar-refractivity contribution < 1.29 is 14.1 Å². The van der Waals surface area contributed by atoms with Crippen molar-refractivity contribution in [1.29, 1.82) is 0 Å². The number of anilines is 1. The Morgan fingerprint density at radius 1 is 1.60 bits per heavy atom. The predicted octanol–water partition coefficient (Wildman–Crippen LogP) is 1.62. The summed E-state index contributed by atoms with van der Waals surface area (Å²) < 4.78 is 18.9. The minimum absolute atomic E-state index is 0.0355. The van der Waals surface area contributed by atoms with Gasteiger partial charge in [-0.15, -0.1) is 0 Å². The van der Waals surface area contributed by atoms with Crippen molar-refractivity contribution >= 4 is 23.0 Å². The van der Waals surface area contributed by atoms with Crippen LogP contribution in [0.5, 0.6) is 0 Å². The smallest absolute Gasteiger partial charge is 0.337 e. The maximum absolute atomic E-state index is 11.5. The highest BCUT2D eigenvalue weighted by atomic mass is 32.2. The highest BCUT2D eigenvalue weighted by Crippen LogP contribution is 2.37. The van der Waals surface area contributed by atoms with Crippen molar-refractivity contribution in [3.05, 3.63) is 29.3 Å². The molecule has 15 heavy (non-hydrogen) atoms. The van der Waals surface area contributed by atoms with Gasteiger partial charge in [0.2, 0.25) is 0 Å². The number of hydrogen-bond acceptors (Lipinski definition) is 4. The zero-order chi connectivity index (χ0) is 11.0. The molecule has 1 aliphatic rings. The highest BCUT2D eigenvalue weighted by Gasteiger charge is 2.31. The van der Waals surface area contributed by atoms with Crippen molar-refractivity contribution in [1.82, 2.24) is 0 Å². The van der Waals surface area contributed by atoms with Crippen LogP contribution < -0.4 is 4.72 Å². The van der Waals surface area contributed by atoms with Gasteiger partial charge in [-0.3, -0.25) is 0 Å². The lowest BCUT2D eigenvalue weighted by Gasteiger charge is -2.05. The van der Waals surface area contributed by atoms with E-state index in [1.54, 1.807) is 12.1 Å². The molecule has 1 aromatic carbocycles. The van der Waals surface area contributed by atoms with E-state index in [4.69, 9.17) is 0 Å². The summed E-state index contributed by atoms with van der Waals surface area (Å²) in [6, 6.07) is 5.16. The van der Waals surface area contributed by atoms with Crippen LogP contribution in [0.15, 0.2) is 18.2 Å². The molecule has 2 rings (SSSR count). The van der Waals surface area contributed by atoms with Crippen molar-refractivity contribution in [3.8, 4) is 0 Å². The van der Waals surface area contributed by atoms with Crippen molar-refractivity contribution in [3.63, 3.8) is 0 Å². The molecule has 80 valence electrons. The van der Waals surface area contributed by atoms with E-state index in [1.165, 1.54) is 7.11 Å². The Hall–Kier alpha value is -1.20. The molecular formula is C10H11NO3S. The molecule has 0 radical (unpaired) electrons. The molecule has 2 atom stereocenters. The molecule has 0 saturated carbocycles. The number of fused-ring (bicyclic) bond motifs is 1. The van der Waals surface area contributed by atoms with Crippen molar-refractivity contribution in [2.24, 2.45) is 0 Å². The van der Waals surface area contributed by atoms with Gasteiger partial charge in [0.05, 0.1) is 29.7 Å². The Kier molecular flexibility index (Phi) is 2.58. The monoisotopic (exact) mass is 225 g/mol. The fourth-order valence-electron chi connectivity index (χ4n) is 1.56. The third kappa shape index (κ3) is 1.68. The van der Waals surface area contributed by atoms with E-state index in [1.807, 2.05) is 13.0 Å². The summed E-state index contributed by atoms with van der Waals surface area (Å²) in [7, 11) is 1.34. The van der Waals surface area contributed by atoms with Crippen LogP contribution in [0.3, 0.4) is 0 Å². The van der Waals surface area contributed by atoms with Crippen LogP contribution in [0.1, 0.15) is 28.1 Å². The van der Waals surface area contributed by atoms with Gasteiger partial charge in [-0.1, -0.05) is 6.07 Å². The molecule has 4 nitrogen and oxygen atoms in total. The number of carbonyl (C=O) groups is 1. The number of methoxy groups -OCH3 is 1. The van der Waals surface area contributed by atoms with Crippen LogP contribution in [-0.4, -0.2) is 17.6 Å². The van der Waals surface area contributed by atoms with Crippen molar-refractivity contribution in [2.45, 2.75) is 12.2 Å². The Labute approximate surface area is 90.9 Å². The average Bonchev–Trinajstić information content (AvgIpc) is 2.53. The van der Waals surface area contributed by atoms with Gasteiger partial charge in [0.1, 0.15) is 0 Å². The number of nitrogens with one attached hydrogen (secondary N) is 1. The number of esters is 1. The summed E-state index contributed by atoms with van der Waals surface area (Å²) >= 11 is -1.09. The summed E-state index contributed by atoms with van der Waals surface area (Å²) in [6.07, 6.45) is 0. The molecule has 5 heteroatoms. The van der Waals surface area contributed by atoms with Gasteiger partial charge in [-0.05, 0) is 19.1 Å². The summed E-state index contributed by atoms with van der Waals surface area (Å²) in [5.41, 5.74) is 2.19. The lowest BCUT2D eigenvalue weighted by Crippen LogP contribution is -2.09. The van der Waals surface area contributed by atoms with Gasteiger partial charge in [0.15, 0.2) is 5.25 Å². The van der Waals surface area contributed by atoms with Crippen LogP contribution in [0.2, 0.25) is 0 Å². The maximum atomic E-state index is 11.5. The number of rotatable bonds is 1. The first-order valence-corrected chi connectivity index (χ1v) is 5.74. The third-order valence-electron chi connectivity index (χ3n) is 2.44. The molecule has 0 fully saturated rings. The minimum atomic E-state index is -1.09. The first-order chi connectivity index (χ1) is 7.13. The summed E-state index contributed by atoms with van der Waals surface area (Å²) in [6.45, 7) is 1.88. The molecular weight excluding hydrogens is 214 g/mol. The molecule has 1 aliphatic heterocycles. The SMILES string of the molecule is COC(=O)c1ccc2c(c1)N[S+]([O-])C2C. The number of ether oxygens (including phenoxy) is 1. The van der Waals surface area contributed by atoms with E-state index in [2.05, 4.69) is 9.46 Å². The molecule has 0 aromatic heterocycles. The molecule has 1 heterocycles. The topological polar surface area (TPSA) is 61.4 Å². The minimum Gasteiger partial charge on any atom is -0.593 e. The van der Waals surface area contributed by atoms with Crippen LogP contribution in [0.25, 0.3) is 0 Å². The second-order valence-corrected chi connectivity index (χ2v) is 4.84. The molecule has 2 unspecified atom stereocenters. The summed E-state index contributed by atoms with van der Waals surface area (Å²) in [4.78, 5) is 11.3. The van der Waals surface area contributed by atoms with Gasteiger partial charge in [-0.25, -0.2) is 9.52 Å². The highest BCUT2D eigenvalue weighted by molar-refractivity contribution is 7.93. The molecule has 1 N–H and O–H groups in total. The summed E-state index contributed by atoms with van der Waals surface area (Å²) in [5, 5.41) is -0.0355. The van der Waals surface area contributed by atoms with Crippen LogP contribution in [0.4, 0.5) is 5.69 Å². The van der Waals surface area contributed by atoms with E-state index in [9.17, 15) is 9.35 Å². The van der Waals surface area contributed by atoms with E-state index in [0.717, 1.165) is 11.3 Å². The van der Waals surface area contributed by atoms with Crippen molar-refractivity contribution in [2.75, 3.05) is 11.8 Å². The molecule has 1 aromatic rings. The first kappa shape index (κ1) is 10.3. The lowest BCUT2D eigenvalue weighted by atomic mass is 10.1. The van der Waals surface area contributed by atoms with Gasteiger partial charge in [0, 0.05) is 5.56 Å². The second kappa shape index (κ2) is 3.75. The largest absolute Gasteiger partial charge is 0.593 e. The maximum Gasteiger partial charge on any atom is 0.337 e. The Morgan fingerprint density at radius 2 is 2.33 bits per heavy atom. The third-order valence-corrected chi connectivity index (χ3v) is 3.76. The van der Waals surface area contributed by atoms with Crippen LogP contribution in [-0.2, 0) is 16.1 Å². The van der Waals surface area contributed by atoms with Gasteiger partial charge in [0.25, 0.3) is 0 Å². The van der Waals surface area contributed by atoms with E-state index < -0.39 is 11.4 Å². The van der Waals surface area contributed by atoms with E-state index >= 15 is 0 Å². The molecule has 0 bridgehead atoms. The van der Waals surface area contributed by atoms with E-state index in [-0.39, 0.29) is 11.2 Å². The fourth-order valence-corrected chi connectivity index (χ4v) is 2.56. The number of benzene rings is 1. The standard InChI is InChI=1S/C10H11NO3S/c1-6-8-4-3-7(10(12)14-2)5-9(8)11-15(6)13/h3-6,11H,1-2H3. The normalized spacial score (nSPS) is 23.1. The summed E-state index contributed by atoms with van der Waals surface area (Å²) in [5.74, 6) is -0.384. The lowest BCUT2D eigenvalue weighted by molar-refractivity contribution is 0.0601. The predicted molar refractivity (Wildman–Crippen MR) is 58.0 cm³/mol. The van der Waals surface area contributed by atoms with Gasteiger partial charge >= 0.3 is 5.97 Å². The molecule has 0 spiro atoms. The average molecular weight is 225 g/mol. The number of hydrogen-bond donors (Lipinski definition) is 1. The zero-order valence-corrected chi connectivity index (χ0v) is 9.26. The Balaban J connectivity index is 2.37. The Morgan fingerprint density at radius 3 is 3.00 bits per heavy atom. The number of carbonyl (C=O) groups excluding carboxylic acids is 1. The molecule has 0 saturated heterocycles. The first-order valence-electron chi connectivity index (χ1n) is 4.53. The van der Waals surface area contributed by atoms with Crippen LogP contribution >= 0.6 is 0 Å². The fraction of sp³-hybridized carbons (Fsp3) is 0.300. The Bertz CT molecular complexity index is 408. The molecule has 0 amide bonds. The second-order valence-electron chi connectivity index (χ2n) is 3.34. The molecule has 0 aliphatic carbocycles. The van der Waals surface area contributed by atoms with Gasteiger partial charge < -0.3 is 9.29 Å². The van der Waals surface area contributed by atoms with Crippen LogP contribution in [0, 0.1) is 0 Å². The quantitative estimate of drug-likeness (QED) is 0.583.